The highest BCUT2D eigenvalue weighted by atomic mass is 16.7. The molecule has 35 atom stereocenters. The minimum absolute atomic E-state index is 0.0353. The second-order valence-corrected chi connectivity index (χ2v) is 32.7. The smallest absolute Gasteiger partial charge is 0.195 e. The van der Waals surface area contributed by atoms with Crippen LogP contribution in [0.2, 0.25) is 0 Å². The zero-order valence-electron chi connectivity index (χ0n) is 58.3. The van der Waals surface area contributed by atoms with E-state index in [1.54, 1.807) is 20.8 Å². The van der Waals surface area contributed by atoms with Gasteiger partial charge in [-0.2, -0.15) is 0 Å². The van der Waals surface area contributed by atoms with Gasteiger partial charge in [-0.3, -0.25) is 0 Å². The predicted octanol–water partition coefficient (Wildman–Crippen LogP) is -2.95. The van der Waals surface area contributed by atoms with Crippen molar-refractivity contribution in [2.45, 2.75) is 297 Å². The maximum atomic E-state index is 12.6. The molecule has 8 aliphatic rings. The van der Waals surface area contributed by atoms with Crippen molar-refractivity contribution in [3.8, 4) is 0 Å². The summed E-state index contributed by atoms with van der Waals surface area (Å²) in [5.41, 5.74) is -7.30. The highest BCUT2D eigenvalue weighted by molar-refractivity contribution is 5.29. The van der Waals surface area contributed by atoms with E-state index in [0.29, 0.717) is 25.7 Å². The lowest BCUT2D eigenvalue weighted by atomic mass is 9.44. The number of hydrogen-bond donors (Lipinski definition) is 19. The Bertz CT molecular complexity index is 2540. The summed E-state index contributed by atoms with van der Waals surface area (Å²) >= 11 is 0. The molecular formula is C68H120O28. The van der Waals surface area contributed by atoms with Crippen LogP contribution in [0.25, 0.3) is 0 Å². The Labute approximate surface area is 564 Å². The fraction of sp³-hybridized carbons (Fsp3) is 0.971. The topological polar surface area (TPSA) is 467 Å². The third-order valence-corrected chi connectivity index (χ3v) is 24.9. The van der Waals surface area contributed by atoms with Crippen molar-refractivity contribution in [2.75, 3.05) is 59.5 Å². The van der Waals surface area contributed by atoms with Gasteiger partial charge in [0.15, 0.2) is 5.79 Å². The van der Waals surface area contributed by atoms with Crippen LogP contribution in [0.4, 0.5) is 0 Å². The molecule has 28 heteroatoms. The van der Waals surface area contributed by atoms with Gasteiger partial charge in [0.05, 0.1) is 95.6 Å². The molecule has 19 N–H and O–H groups in total. The summed E-state index contributed by atoms with van der Waals surface area (Å²) in [5, 5.41) is 208. The van der Waals surface area contributed by atoms with Crippen molar-refractivity contribution in [1.29, 1.82) is 0 Å². The van der Waals surface area contributed by atoms with Gasteiger partial charge in [-0.25, -0.2) is 0 Å². The number of ether oxygens (including phenoxy) is 9. The van der Waals surface area contributed by atoms with E-state index in [9.17, 15) is 97.0 Å². The van der Waals surface area contributed by atoms with E-state index in [1.165, 1.54) is 33.3 Å². The van der Waals surface area contributed by atoms with Gasteiger partial charge >= 0.3 is 0 Å². The van der Waals surface area contributed by atoms with Crippen LogP contribution in [0, 0.1) is 57.7 Å². The summed E-state index contributed by atoms with van der Waals surface area (Å²) in [6, 6.07) is 0. The molecule has 8 rings (SSSR count). The van der Waals surface area contributed by atoms with Crippen LogP contribution in [-0.4, -0.2) is 319 Å². The summed E-state index contributed by atoms with van der Waals surface area (Å²) in [4.78, 5) is 0. The largest absolute Gasteiger partial charge is 0.394 e. The zero-order valence-corrected chi connectivity index (χ0v) is 58.3. The molecular weight excluding hydrogens is 1260 g/mol. The van der Waals surface area contributed by atoms with Crippen LogP contribution in [0.5, 0.6) is 0 Å². The molecule has 7 fully saturated rings. The van der Waals surface area contributed by atoms with Crippen LogP contribution < -0.4 is 0 Å². The average molecular weight is 1390 g/mol. The predicted molar refractivity (Wildman–Crippen MR) is 339 cm³/mol. The molecule has 28 nitrogen and oxygen atoms in total. The quantitative estimate of drug-likeness (QED) is 0.0406. The van der Waals surface area contributed by atoms with E-state index >= 15 is 0 Å². The second kappa shape index (κ2) is 30.4. The number of allylic oxidation sites excluding steroid dienone is 1. The van der Waals surface area contributed by atoms with Gasteiger partial charge < -0.3 is 140 Å². The van der Waals surface area contributed by atoms with Crippen molar-refractivity contribution in [2.24, 2.45) is 57.7 Å². The van der Waals surface area contributed by atoms with Crippen molar-refractivity contribution in [3.05, 3.63) is 11.6 Å². The molecule has 26 unspecified atom stereocenters. The molecule has 4 aliphatic heterocycles. The summed E-state index contributed by atoms with van der Waals surface area (Å²) < 4.78 is 55.6. The van der Waals surface area contributed by atoms with Gasteiger partial charge in [0.1, 0.15) is 121 Å². The lowest BCUT2D eigenvalue weighted by Gasteiger charge is -2.62. The number of aliphatic hydroxyl groups excluding tert-OH is 18. The molecule has 0 aromatic carbocycles. The summed E-state index contributed by atoms with van der Waals surface area (Å²) in [5.74, 6) is -2.36. The third kappa shape index (κ3) is 15.3. The first-order valence-corrected chi connectivity index (χ1v) is 34.7. The summed E-state index contributed by atoms with van der Waals surface area (Å²) in [7, 11) is 0. The second-order valence-electron chi connectivity index (χ2n) is 32.7. The molecule has 4 aliphatic carbocycles. The molecule has 0 aromatic heterocycles. The fourth-order valence-electron chi connectivity index (χ4n) is 18.0. The summed E-state index contributed by atoms with van der Waals surface area (Å²) in [6.07, 6.45) is -25.9. The minimum atomic E-state index is -2.24. The SMILES string of the molecule is CC(C1CC(O)[C@]2(C)C3CCC(OCC4(C)CC(COC[C@]5(C)OC(CO)[C@@H](O)C(O)C5O)[C@@H](O)C(O)C4O)C(C)(C)C3=CCC2[C@H]1C)[C@H](C)CCC(OCC1(C)OC(COCC2(C)OC(CO)[C@H](O)C(O)C2O)[C@H](O)C(O)C1OC1(C)OC(CO)[C@H](O)C(O)C1O)C(C)(C)O. The number of hydrogen-bond acceptors (Lipinski definition) is 28. The molecule has 96 heavy (non-hydrogen) atoms. The molecule has 0 radical (unpaired) electrons. The maximum absolute atomic E-state index is 12.6. The van der Waals surface area contributed by atoms with E-state index in [2.05, 4.69) is 47.6 Å². The molecule has 560 valence electrons. The zero-order chi connectivity index (χ0) is 71.7. The Morgan fingerprint density at radius 1 is 0.562 bits per heavy atom. The fourth-order valence-corrected chi connectivity index (χ4v) is 18.0. The van der Waals surface area contributed by atoms with Crippen molar-refractivity contribution in [1.82, 2.24) is 0 Å². The van der Waals surface area contributed by atoms with Gasteiger partial charge in [0.25, 0.3) is 0 Å². The van der Waals surface area contributed by atoms with Crippen LogP contribution in [0.1, 0.15) is 135 Å². The average Bonchev–Trinajstić information content (AvgIpc) is 0.714. The third-order valence-electron chi connectivity index (χ3n) is 24.9. The van der Waals surface area contributed by atoms with Crippen molar-refractivity contribution in [3.63, 3.8) is 0 Å². The Morgan fingerprint density at radius 3 is 1.60 bits per heavy atom. The normalized spacial score (nSPS) is 50.2. The number of fused-ring (bicyclic) bond motifs is 3. The van der Waals surface area contributed by atoms with Gasteiger partial charge in [0.2, 0.25) is 0 Å². The van der Waals surface area contributed by atoms with Crippen LogP contribution >= 0.6 is 0 Å². The molecule has 0 aromatic rings. The lowest BCUT2D eigenvalue weighted by molar-refractivity contribution is -0.402. The van der Waals surface area contributed by atoms with Crippen LogP contribution in [0.15, 0.2) is 11.6 Å². The van der Waals surface area contributed by atoms with E-state index in [0.717, 1.165) is 12.8 Å². The highest BCUT2D eigenvalue weighted by Crippen LogP contribution is 2.64. The molecule has 3 saturated carbocycles. The molecule has 4 saturated heterocycles. The maximum Gasteiger partial charge on any atom is 0.195 e. The molecule has 0 spiro atoms. The minimum Gasteiger partial charge on any atom is -0.394 e. The van der Waals surface area contributed by atoms with Crippen molar-refractivity contribution < 1.29 is 140 Å². The first-order valence-electron chi connectivity index (χ1n) is 34.7. The van der Waals surface area contributed by atoms with Crippen LogP contribution in [-0.2, 0) is 42.6 Å². The van der Waals surface area contributed by atoms with E-state index < -0.39 is 218 Å². The van der Waals surface area contributed by atoms with E-state index in [4.69, 9.17) is 42.6 Å². The highest BCUT2D eigenvalue weighted by Gasteiger charge is 2.63. The Hall–Kier alpha value is -1.38. The summed E-state index contributed by atoms with van der Waals surface area (Å²) in [6.45, 7) is 19.9. The standard InChI is InChI=1S/C68H120O28/c1-31(14-18-45(62(6,7)87)91-30-66(11)60(96-68(13)59(86)54(81)49(76)41(24-71)95-68)55(82)50(77)42(94-66)26-89-29-65(10)58(85)53(80)48(75)40(23-70)93-65)32(2)35-20-43(72)67(12)36(33(35)3)15-16-37-38(67)17-19-44(61(37,4)5)90-27-63(8)21-34(46(73)51(78)56(63)83)25-88-28-64(9)57(84)52(79)47(74)39(22-69)92-64/h16,31-36,38-60,69-87H,14-15,17-30H2,1-13H3/t31-,32?,33+,34?,35?,36?,38?,39?,40?,41?,42?,43?,44?,45?,46-,47-,48+,49+,50+,51?,52?,53?,54?,55?,56?,57?,58?,59?,60?,63?,64+,65?,66?,67+,68?/m1/s1. The van der Waals surface area contributed by atoms with Crippen LogP contribution in [0.3, 0.4) is 0 Å². The van der Waals surface area contributed by atoms with Gasteiger partial charge in [-0.05, 0) is 122 Å². The Morgan fingerprint density at radius 2 is 1.06 bits per heavy atom. The van der Waals surface area contributed by atoms with Gasteiger partial charge in [-0.15, -0.1) is 0 Å². The lowest BCUT2D eigenvalue weighted by Crippen LogP contribution is -2.72. The van der Waals surface area contributed by atoms with Gasteiger partial charge in [-0.1, -0.05) is 60.1 Å². The first kappa shape index (κ1) is 80.3. The Kier molecular flexibility index (Phi) is 25.4. The number of aliphatic hydroxyl groups is 19. The molecule has 0 amide bonds. The van der Waals surface area contributed by atoms with E-state index in [1.807, 2.05) is 0 Å². The van der Waals surface area contributed by atoms with Crippen molar-refractivity contribution >= 4 is 0 Å². The number of rotatable bonds is 25. The van der Waals surface area contributed by atoms with E-state index in [-0.39, 0.29) is 67.9 Å². The monoisotopic (exact) mass is 1380 g/mol. The molecule has 0 bridgehead atoms. The first-order chi connectivity index (χ1) is 44.5. The Balaban J connectivity index is 0.914. The molecule has 4 heterocycles. The van der Waals surface area contributed by atoms with Gasteiger partial charge in [0, 0.05) is 22.2 Å².